The highest BCUT2D eigenvalue weighted by Crippen LogP contribution is 2.23. The lowest BCUT2D eigenvalue weighted by Crippen LogP contribution is -1.98. The van der Waals surface area contributed by atoms with Crippen LogP contribution in [0.5, 0.6) is 11.5 Å². The first kappa shape index (κ1) is 14.3. The monoisotopic (exact) mass is 268 g/mol. The van der Waals surface area contributed by atoms with Crippen LogP contribution in [0.4, 0.5) is 0 Å². The lowest BCUT2D eigenvalue weighted by molar-refractivity contribution is 0.0979. The highest BCUT2D eigenvalue weighted by Gasteiger charge is 2.06. The van der Waals surface area contributed by atoms with Crippen molar-refractivity contribution in [2.75, 3.05) is 0 Å². The van der Waals surface area contributed by atoms with Crippen molar-refractivity contribution in [3.05, 3.63) is 59.7 Å². The number of hydrogen-bond acceptors (Lipinski definition) is 2. The molecule has 0 aliphatic rings. The van der Waals surface area contributed by atoms with Crippen LogP contribution in [0.2, 0.25) is 0 Å². The Kier molecular flexibility index (Phi) is 4.94. The Labute approximate surface area is 120 Å². The van der Waals surface area contributed by atoms with Gasteiger partial charge in [-0.3, -0.25) is 4.79 Å². The Bertz CT molecular complexity index is 570. The molecule has 2 rings (SSSR count). The van der Waals surface area contributed by atoms with Crippen molar-refractivity contribution >= 4 is 5.78 Å². The first-order chi connectivity index (χ1) is 9.69. The van der Waals surface area contributed by atoms with Crippen LogP contribution < -0.4 is 4.74 Å². The normalized spacial score (nSPS) is 10.3. The topological polar surface area (TPSA) is 26.3 Å². The van der Waals surface area contributed by atoms with Crippen LogP contribution in [0.15, 0.2) is 48.5 Å². The van der Waals surface area contributed by atoms with Gasteiger partial charge >= 0.3 is 0 Å². The second-order valence-corrected chi connectivity index (χ2v) is 4.97. The molecule has 2 aromatic rings. The number of Topliss-reactive ketones (excluding diaryl/α,β-unsaturated/α-hetero) is 1. The Hall–Kier alpha value is -2.09. The van der Waals surface area contributed by atoms with Gasteiger partial charge < -0.3 is 4.74 Å². The van der Waals surface area contributed by atoms with Gasteiger partial charge in [-0.25, -0.2) is 0 Å². The van der Waals surface area contributed by atoms with Crippen LogP contribution in [-0.4, -0.2) is 5.78 Å². The summed E-state index contributed by atoms with van der Waals surface area (Å²) in [5.41, 5.74) is 1.92. The summed E-state index contributed by atoms with van der Waals surface area (Å²) in [4.78, 5) is 12.0. The zero-order chi connectivity index (χ0) is 14.4. The zero-order valence-corrected chi connectivity index (χ0v) is 12.1. The van der Waals surface area contributed by atoms with E-state index in [0.717, 1.165) is 24.2 Å². The third kappa shape index (κ3) is 3.95. The molecule has 0 aliphatic carbocycles. The van der Waals surface area contributed by atoms with Gasteiger partial charge in [-0.1, -0.05) is 43.2 Å². The SMILES string of the molecule is CCCCC(=O)c1cccc(Oc2ccc(C)cc2)c1. The third-order valence-electron chi connectivity index (χ3n) is 3.17. The van der Waals surface area contributed by atoms with E-state index in [1.54, 1.807) is 0 Å². The van der Waals surface area contributed by atoms with Crippen molar-refractivity contribution in [3.8, 4) is 11.5 Å². The Morgan fingerprint density at radius 2 is 1.80 bits per heavy atom. The van der Waals surface area contributed by atoms with E-state index < -0.39 is 0 Å². The molecule has 2 aromatic carbocycles. The minimum absolute atomic E-state index is 0.182. The van der Waals surface area contributed by atoms with Crippen LogP contribution in [0.3, 0.4) is 0 Å². The molecule has 0 aromatic heterocycles. The fraction of sp³-hybridized carbons (Fsp3) is 0.278. The summed E-state index contributed by atoms with van der Waals surface area (Å²) in [6.45, 7) is 4.13. The number of ether oxygens (including phenoxy) is 1. The van der Waals surface area contributed by atoms with E-state index in [-0.39, 0.29) is 5.78 Å². The second kappa shape index (κ2) is 6.90. The van der Waals surface area contributed by atoms with Crippen molar-refractivity contribution in [1.29, 1.82) is 0 Å². The molecule has 104 valence electrons. The van der Waals surface area contributed by atoms with E-state index >= 15 is 0 Å². The molecule has 0 amide bonds. The molecule has 0 aliphatic heterocycles. The largest absolute Gasteiger partial charge is 0.457 e. The Morgan fingerprint density at radius 3 is 2.50 bits per heavy atom. The van der Waals surface area contributed by atoms with Gasteiger partial charge in [0.25, 0.3) is 0 Å². The molecule has 0 fully saturated rings. The highest BCUT2D eigenvalue weighted by atomic mass is 16.5. The van der Waals surface area contributed by atoms with Crippen LogP contribution in [0.1, 0.15) is 42.1 Å². The molecule has 2 nitrogen and oxygen atoms in total. The van der Waals surface area contributed by atoms with E-state index in [4.69, 9.17) is 4.74 Å². The molecule has 20 heavy (non-hydrogen) atoms. The van der Waals surface area contributed by atoms with Crippen LogP contribution in [0, 0.1) is 6.92 Å². The number of hydrogen-bond donors (Lipinski definition) is 0. The van der Waals surface area contributed by atoms with E-state index in [9.17, 15) is 4.79 Å². The summed E-state index contributed by atoms with van der Waals surface area (Å²) in [5, 5.41) is 0. The van der Waals surface area contributed by atoms with Crippen molar-refractivity contribution in [3.63, 3.8) is 0 Å². The van der Waals surface area contributed by atoms with E-state index in [2.05, 4.69) is 6.92 Å². The van der Waals surface area contributed by atoms with Crippen LogP contribution >= 0.6 is 0 Å². The van der Waals surface area contributed by atoms with Gasteiger partial charge in [-0.05, 0) is 37.6 Å². The maximum atomic E-state index is 12.0. The number of benzene rings is 2. The molecule has 0 bridgehead atoms. The number of rotatable bonds is 6. The minimum Gasteiger partial charge on any atom is -0.457 e. The van der Waals surface area contributed by atoms with Crippen LogP contribution in [0.25, 0.3) is 0 Å². The first-order valence-corrected chi connectivity index (χ1v) is 7.07. The molecule has 2 heteroatoms. The van der Waals surface area contributed by atoms with Gasteiger partial charge in [0.2, 0.25) is 0 Å². The lowest BCUT2D eigenvalue weighted by atomic mass is 10.1. The fourth-order valence-corrected chi connectivity index (χ4v) is 1.96. The maximum absolute atomic E-state index is 12.0. The molecule has 0 saturated carbocycles. The molecule has 0 N–H and O–H groups in total. The summed E-state index contributed by atoms with van der Waals surface area (Å²) in [6.07, 6.45) is 2.57. The summed E-state index contributed by atoms with van der Waals surface area (Å²) in [7, 11) is 0. The second-order valence-electron chi connectivity index (χ2n) is 4.97. The Morgan fingerprint density at radius 1 is 1.05 bits per heavy atom. The standard InChI is InChI=1S/C18H20O2/c1-3-4-8-18(19)15-6-5-7-17(13-15)20-16-11-9-14(2)10-12-16/h5-7,9-13H,3-4,8H2,1-2H3. The maximum Gasteiger partial charge on any atom is 0.163 e. The van der Waals surface area contributed by atoms with Gasteiger partial charge in [0.15, 0.2) is 5.78 Å². The van der Waals surface area contributed by atoms with E-state index in [1.165, 1.54) is 5.56 Å². The number of unbranched alkanes of at least 4 members (excludes halogenated alkanes) is 1. The van der Waals surface area contributed by atoms with E-state index in [1.807, 2.05) is 55.5 Å². The fourth-order valence-electron chi connectivity index (χ4n) is 1.96. The first-order valence-electron chi connectivity index (χ1n) is 7.07. The highest BCUT2D eigenvalue weighted by molar-refractivity contribution is 5.96. The Balaban J connectivity index is 2.09. The van der Waals surface area contributed by atoms with Crippen molar-refractivity contribution < 1.29 is 9.53 Å². The van der Waals surface area contributed by atoms with Gasteiger partial charge in [0.05, 0.1) is 0 Å². The molecule has 0 heterocycles. The molecular weight excluding hydrogens is 248 g/mol. The summed E-state index contributed by atoms with van der Waals surface area (Å²) in [5.74, 6) is 1.67. The number of carbonyl (C=O) groups is 1. The molecule has 0 saturated heterocycles. The van der Waals surface area contributed by atoms with Crippen molar-refractivity contribution in [2.45, 2.75) is 33.1 Å². The predicted octanol–water partition coefficient (Wildman–Crippen LogP) is 5.16. The van der Waals surface area contributed by atoms with Gasteiger partial charge in [-0.2, -0.15) is 0 Å². The van der Waals surface area contributed by atoms with Gasteiger partial charge in [0, 0.05) is 12.0 Å². The molecule has 0 unspecified atom stereocenters. The smallest absolute Gasteiger partial charge is 0.163 e. The van der Waals surface area contributed by atoms with Gasteiger partial charge in [-0.15, -0.1) is 0 Å². The number of carbonyl (C=O) groups excluding carboxylic acids is 1. The molecule has 0 spiro atoms. The van der Waals surface area contributed by atoms with Crippen LogP contribution in [-0.2, 0) is 0 Å². The quantitative estimate of drug-likeness (QED) is 0.676. The van der Waals surface area contributed by atoms with Gasteiger partial charge in [0.1, 0.15) is 11.5 Å². The molecule has 0 radical (unpaired) electrons. The molecular formula is C18H20O2. The summed E-state index contributed by atoms with van der Waals surface area (Å²) < 4.78 is 5.78. The summed E-state index contributed by atoms with van der Waals surface area (Å²) >= 11 is 0. The molecule has 0 atom stereocenters. The zero-order valence-electron chi connectivity index (χ0n) is 12.1. The average Bonchev–Trinajstić information content (AvgIpc) is 2.47. The summed E-state index contributed by atoms with van der Waals surface area (Å²) in [6, 6.07) is 15.3. The number of ketones is 1. The number of aryl methyl sites for hydroxylation is 1. The minimum atomic E-state index is 0.182. The predicted molar refractivity (Wildman–Crippen MR) is 81.6 cm³/mol. The van der Waals surface area contributed by atoms with Crippen molar-refractivity contribution in [2.24, 2.45) is 0 Å². The van der Waals surface area contributed by atoms with E-state index in [0.29, 0.717) is 12.2 Å². The van der Waals surface area contributed by atoms with Crippen molar-refractivity contribution in [1.82, 2.24) is 0 Å². The third-order valence-corrected chi connectivity index (χ3v) is 3.17. The average molecular weight is 268 g/mol. The lowest BCUT2D eigenvalue weighted by Gasteiger charge is -2.07.